The lowest BCUT2D eigenvalue weighted by Gasteiger charge is -2.03. The quantitative estimate of drug-likeness (QED) is 0.776. The molecule has 0 spiro atoms. The third kappa shape index (κ3) is 5.37. The maximum atomic E-state index is 12.2. The van der Waals surface area contributed by atoms with Crippen molar-refractivity contribution in [2.24, 2.45) is 0 Å². The van der Waals surface area contributed by atoms with Crippen molar-refractivity contribution in [3.8, 4) is 0 Å². The van der Waals surface area contributed by atoms with Crippen LogP contribution in [0.4, 0.5) is 5.13 Å². The van der Waals surface area contributed by atoms with Crippen molar-refractivity contribution in [2.75, 3.05) is 18.2 Å². The summed E-state index contributed by atoms with van der Waals surface area (Å²) in [4.78, 5) is 27.8. The fraction of sp³-hybridized carbons (Fsp3) is 0.312. The van der Waals surface area contributed by atoms with E-state index < -0.39 is 0 Å². The summed E-state index contributed by atoms with van der Waals surface area (Å²) in [5, 5.41) is 4.97. The van der Waals surface area contributed by atoms with Crippen LogP contribution in [0.3, 0.4) is 0 Å². The van der Waals surface area contributed by atoms with Crippen LogP contribution in [0.5, 0.6) is 0 Å². The number of hydrogen-bond acceptors (Lipinski definition) is 6. The molecule has 1 heterocycles. The Morgan fingerprint density at radius 2 is 2.04 bits per heavy atom. The highest BCUT2D eigenvalue weighted by Crippen LogP contribution is 2.18. The van der Waals surface area contributed by atoms with E-state index in [0.29, 0.717) is 23.0 Å². The second-order valence-corrected chi connectivity index (χ2v) is 6.43. The Morgan fingerprint density at radius 3 is 2.70 bits per heavy atom. The standard InChI is InChI=1S/C16H18N2O3S2/c1-3-21-14(19)8-13-10-23-16(17-13)18-15(20)12-6-4-11(5-7-12)9-22-2/h4-7,10H,3,8-9H2,1-2H3,(H,17,18,20). The SMILES string of the molecule is CCOC(=O)Cc1csc(NC(=O)c2ccc(CSC)cc2)n1. The fourth-order valence-corrected chi connectivity index (χ4v) is 3.12. The maximum Gasteiger partial charge on any atom is 0.311 e. The molecule has 23 heavy (non-hydrogen) atoms. The topological polar surface area (TPSA) is 68.3 Å². The number of esters is 1. The van der Waals surface area contributed by atoms with Crippen molar-refractivity contribution in [1.82, 2.24) is 4.98 Å². The Bertz CT molecular complexity index is 668. The first-order chi connectivity index (χ1) is 11.1. The van der Waals surface area contributed by atoms with Crippen LogP contribution in [0, 0.1) is 0 Å². The highest BCUT2D eigenvalue weighted by Gasteiger charge is 2.11. The molecule has 122 valence electrons. The zero-order valence-electron chi connectivity index (χ0n) is 13.0. The van der Waals surface area contributed by atoms with Gasteiger partial charge in [-0.05, 0) is 30.9 Å². The summed E-state index contributed by atoms with van der Waals surface area (Å²) in [5.74, 6) is 0.392. The first-order valence-corrected chi connectivity index (χ1v) is 9.39. The molecule has 0 radical (unpaired) electrons. The van der Waals surface area contributed by atoms with Gasteiger partial charge in [-0.3, -0.25) is 14.9 Å². The number of aromatic nitrogens is 1. The molecule has 0 saturated heterocycles. The van der Waals surface area contributed by atoms with Gasteiger partial charge in [0, 0.05) is 16.7 Å². The molecule has 0 atom stereocenters. The molecule has 1 amide bonds. The van der Waals surface area contributed by atoms with Crippen molar-refractivity contribution in [3.05, 3.63) is 46.5 Å². The largest absolute Gasteiger partial charge is 0.466 e. The van der Waals surface area contributed by atoms with E-state index in [1.165, 1.54) is 16.9 Å². The van der Waals surface area contributed by atoms with Crippen LogP contribution >= 0.6 is 23.1 Å². The lowest BCUT2D eigenvalue weighted by atomic mass is 10.1. The van der Waals surface area contributed by atoms with E-state index in [9.17, 15) is 9.59 Å². The number of hydrogen-bond donors (Lipinski definition) is 1. The predicted octanol–water partition coefficient (Wildman–Crippen LogP) is 3.36. The molecular weight excluding hydrogens is 332 g/mol. The molecule has 0 aliphatic carbocycles. The monoisotopic (exact) mass is 350 g/mol. The minimum Gasteiger partial charge on any atom is -0.466 e. The first kappa shape index (κ1) is 17.5. The number of nitrogens with zero attached hydrogens (tertiary/aromatic N) is 1. The van der Waals surface area contributed by atoms with Gasteiger partial charge in [0.15, 0.2) is 5.13 Å². The molecule has 0 aliphatic heterocycles. The number of amides is 1. The highest BCUT2D eigenvalue weighted by molar-refractivity contribution is 7.97. The van der Waals surface area contributed by atoms with E-state index in [1.54, 1.807) is 36.2 Å². The molecule has 1 aromatic heterocycles. The first-order valence-electron chi connectivity index (χ1n) is 7.11. The molecular formula is C16H18N2O3S2. The number of rotatable bonds is 7. The number of benzene rings is 1. The van der Waals surface area contributed by atoms with Crippen LogP contribution in [-0.4, -0.2) is 29.7 Å². The van der Waals surface area contributed by atoms with Crippen molar-refractivity contribution in [2.45, 2.75) is 19.1 Å². The smallest absolute Gasteiger partial charge is 0.311 e. The summed E-state index contributed by atoms with van der Waals surface area (Å²) < 4.78 is 4.87. The van der Waals surface area contributed by atoms with Gasteiger partial charge < -0.3 is 4.74 Å². The van der Waals surface area contributed by atoms with Crippen LogP contribution in [-0.2, 0) is 21.7 Å². The molecule has 2 aromatic rings. The van der Waals surface area contributed by atoms with Crippen LogP contribution in [0.25, 0.3) is 0 Å². The molecule has 2 rings (SSSR count). The normalized spacial score (nSPS) is 10.3. The molecule has 0 unspecified atom stereocenters. The van der Waals surface area contributed by atoms with Crippen molar-refractivity contribution in [1.29, 1.82) is 0 Å². The predicted molar refractivity (Wildman–Crippen MR) is 94.1 cm³/mol. The van der Waals surface area contributed by atoms with E-state index in [-0.39, 0.29) is 18.3 Å². The Labute approximate surface area is 143 Å². The zero-order valence-corrected chi connectivity index (χ0v) is 14.6. The molecule has 0 aliphatic rings. The molecule has 1 aromatic carbocycles. The molecule has 0 fully saturated rings. The molecule has 5 nitrogen and oxygen atoms in total. The number of thiazole rings is 1. The molecule has 1 N–H and O–H groups in total. The Hall–Kier alpha value is -1.86. The van der Waals surface area contributed by atoms with Crippen LogP contribution < -0.4 is 5.32 Å². The van der Waals surface area contributed by atoms with Gasteiger partial charge in [-0.15, -0.1) is 11.3 Å². The van der Waals surface area contributed by atoms with Gasteiger partial charge in [-0.25, -0.2) is 4.98 Å². The number of anilines is 1. The third-order valence-electron chi connectivity index (χ3n) is 2.93. The van der Waals surface area contributed by atoms with Crippen molar-refractivity contribution in [3.63, 3.8) is 0 Å². The summed E-state index contributed by atoms with van der Waals surface area (Å²) in [6.07, 6.45) is 2.15. The van der Waals surface area contributed by atoms with Gasteiger partial charge in [-0.2, -0.15) is 11.8 Å². The number of nitrogens with one attached hydrogen (secondary N) is 1. The number of carbonyl (C=O) groups excluding carboxylic acids is 2. The van der Waals surface area contributed by atoms with Crippen molar-refractivity contribution < 1.29 is 14.3 Å². The lowest BCUT2D eigenvalue weighted by molar-refractivity contribution is -0.142. The lowest BCUT2D eigenvalue weighted by Crippen LogP contribution is -2.12. The molecule has 0 saturated carbocycles. The van der Waals surface area contributed by atoms with Crippen molar-refractivity contribution >= 4 is 40.1 Å². The average Bonchev–Trinajstić information content (AvgIpc) is 2.95. The summed E-state index contributed by atoms with van der Waals surface area (Å²) in [5.41, 5.74) is 2.36. The highest BCUT2D eigenvalue weighted by atomic mass is 32.2. The van der Waals surface area contributed by atoms with E-state index >= 15 is 0 Å². The number of carbonyl (C=O) groups is 2. The van der Waals surface area contributed by atoms with Crippen LogP contribution in [0.2, 0.25) is 0 Å². The zero-order chi connectivity index (χ0) is 16.7. The second kappa shape index (κ2) is 8.69. The van der Waals surface area contributed by atoms with Gasteiger partial charge in [0.25, 0.3) is 5.91 Å². The Kier molecular flexibility index (Phi) is 6.61. The Morgan fingerprint density at radius 1 is 1.30 bits per heavy atom. The second-order valence-electron chi connectivity index (χ2n) is 4.71. The summed E-state index contributed by atoms with van der Waals surface area (Å²) in [6, 6.07) is 7.49. The van der Waals surface area contributed by atoms with E-state index in [0.717, 1.165) is 5.75 Å². The van der Waals surface area contributed by atoms with Crippen LogP contribution in [0.15, 0.2) is 29.6 Å². The molecule has 0 bridgehead atoms. The van der Waals surface area contributed by atoms with E-state index in [2.05, 4.69) is 10.3 Å². The fourth-order valence-electron chi connectivity index (χ4n) is 1.89. The Balaban J connectivity index is 1.95. The van der Waals surface area contributed by atoms with Crippen LogP contribution in [0.1, 0.15) is 28.5 Å². The van der Waals surface area contributed by atoms with E-state index in [4.69, 9.17) is 4.74 Å². The van der Waals surface area contributed by atoms with E-state index in [1.807, 2.05) is 18.4 Å². The summed E-state index contributed by atoms with van der Waals surface area (Å²) in [7, 11) is 0. The number of thioether (sulfide) groups is 1. The summed E-state index contributed by atoms with van der Waals surface area (Å²) >= 11 is 3.03. The van der Waals surface area contributed by atoms with Gasteiger partial charge in [0.05, 0.1) is 18.7 Å². The van der Waals surface area contributed by atoms with Gasteiger partial charge in [0.1, 0.15) is 0 Å². The van der Waals surface area contributed by atoms with Gasteiger partial charge in [0.2, 0.25) is 0 Å². The van der Waals surface area contributed by atoms with Gasteiger partial charge in [-0.1, -0.05) is 12.1 Å². The average molecular weight is 350 g/mol. The van der Waals surface area contributed by atoms with Gasteiger partial charge >= 0.3 is 5.97 Å². The number of ether oxygens (including phenoxy) is 1. The minimum atomic E-state index is -0.319. The minimum absolute atomic E-state index is 0.115. The molecule has 7 heteroatoms. The maximum absolute atomic E-state index is 12.2. The third-order valence-corrected chi connectivity index (χ3v) is 4.36. The summed E-state index contributed by atoms with van der Waals surface area (Å²) in [6.45, 7) is 2.11.